The Hall–Kier alpha value is -4.59. The summed E-state index contributed by atoms with van der Waals surface area (Å²) in [6, 6.07) is 13.2. The number of ether oxygens (including phenoxy) is 3. The first-order chi connectivity index (χ1) is 23.3. The van der Waals surface area contributed by atoms with Crippen LogP contribution in [0.4, 0.5) is 4.79 Å². The predicted octanol–water partition coefficient (Wildman–Crippen LogP) is 5.40. The average molecular weight is 732 g/mol. The van der Waals surface area contributed by atoms with Crippen LogP contribution in [0.15, 0.2) is 70.2 Å². The lowest BCUT2D eigenvalue weighted by molar-refractivity contribution is -0.147. The summed E-state index contributed by atoms with van der Waals surface area (Å²) in [6.07, 6.45) is 1.87. The quantitative estimate of drug-likeness (QED) is 0.156. The van der Waals surface area contributed by atoms with Gasteiger partial charge in [-0.1, -0.05) is 41.4 Å². The zero-order chi connectivity index (χ0) is 35.3. The molecular formula is C34H32Cl2N2O10S. The standard InChI is InChI=1S/C34H32Cl2N2O10S/c1-3-45-34(42)48-14-13-47-33(41)27(16-20-5-4-6-24(15-20)49(2,43)44)37-31(39)29-26(35)17-23-19-38(11-9-25(23)30(29)36)32(40)22-8-7-21-10-12-46-28(21)18-22/h4-8,10,12,15,17-18,27H,3,9,11,13-14,16,19H2,1-2H3,(H,37,39)/t27-/m0/s1. The number of benzene rings is 3. The van der Waals surface area contributed by atoms with E-state index in [0.717, 1.165) is 11.6 Å². The van der Waals surface area contributed by atoms with E-state index >= 15 is 0 Å². The Morgan fingerprint density at radius 3 is 2.53 bits per heavy atom. The lowest BCUT2D eigenvalue weighted by Crippen LogP contribution is -2.44. The van der Waals surface area contributed by atoms with E-state index in [4.69, 9.17) is 37.1 Å². The summed E-state index contributed by atoms with van der Waals surface area (Å²) in [4.78, 5) is 53.4. The Morgan fingerprint density at radius 2 is 1.78 bits per heavy atom. The van der Waals surface area contributed by atoms with Gasteiger partial charge in [-0.05, 0) is 66.4 Å². The van der Waals surface area contributed by atoms with Crippen LogP contribution in [-0.2, 0) is 48.2 Å². The molecule has 0 saturated carbocycles. The molecule has 258 valence electrons. The molecule has 0 radical (unpaired) electrons. The van der Waals surface area contributed by atoms with E-state index in [1.807, 2.05) is 12.1 Å². The number of sulfone groups is 1. The molecule has 3 aromatic carbocycles. The van der Waals surface area contributed by atoms with Crippen molar-refractivity contribution in [1.29, 1.82) is 0 Å². The molecule has 4 aromatic rings. The Labute approximate surface area is 292 Å². The monoisotopic (exact) mass is 730 g/mol. The van der Waals surface area contributed by atoms with Gasteiger partial charge in [-0.2, -0.15) is 0 Å². The molecule has 0 bridgehead atoms. The molecule has 0 unspecified atom stereocenters. The molecule has 0 spiro atoms. The lowest BCUT2D eigenvalue weighted by Gasteiger charge is -2.30. The van der Waals surface area contributed by atoms with Crippen molar-refractivity contribution in [2.45, 2.75) is 37.2 Å². The van der Waals surface area contributed by atoms with Crippen molar-refractivity contribution in [1.82, 2.24) is 10.2 Å². The third-order valence-electron chi connectivity index (χ3n) is 7.79. The summed E-state index contributed by atoms with van der Waals surface area (Å²) in [5.74, 6) is -1.85. The lowest BCUT2D eigenvalue weighted by atomic mass is 9.95. The second kappa shape index (κ2) is 15.3. The molecule has 0 fully saturated rings. The third kappa shape index (κ3) is 8.53. The first kappa shape index (κ1) is 35.7. The minimum Gasteiger partial charge on any atom is -0.464 e. The molecule has 1 aliphatic rings. The van der Waals surface area contributed by atoms with E-state index in [1.54, 1.807) is 42.4 Å². The fourth-order valence-corrected chi connectivity index (χ4v) is 6.85. The van der Waals surface area contributed by atoms with Crippen LogP contribution in [0, 0.1) is 0 Å². The van der Waals surface area contributed by atoms with Gasteiger partial charge in [0.2, 0.25) is 0 Å². The number of nitrogens with one attached hydrogen (secondary N) is 1. The van der Waals surface area contributed by atoms with Gasteiger partial charge in [0.05, 0.1) is 33.4 Å². The number of rotatable bonds is 11. The van der Waals surface area contributed by atoms with Crippen LogP contribution < -0.4 is 5.32 Å². The Bertz CT molecular complexity index is 2030. The average Bonchev–Trinajstić information content (AvgIpc) is 3.54. The van der Waals surface area contributed by atoms with Gasteiger partial charge in [0, 0.05) is 36.7 Å². The number of carbonyl (C=O) groups excluding carboxylic acids is 4. The summed E-state index contributed by atoms with van der Waals surface area (Å²) in [5, 5.41) is 3.58. The molecule has 5 rings (SSSR count). The number of fused-ring (bicyclic) bond motifs is 2. The number of halogens is 2. The molecule has 49 heavy (non-hydrogen) atoms. The maximum Gasteiger partial charge on any atom is 0.508 e. The molecular weight excluding hydrogens is 699 g/mol. The van der Waals surface area contributed by atoms with Crippen LogP contribution in [0.3, 0.4) is 0 Å². The number of hydrogen-bond donors (Lipinski definition) is 1. The highest BCUT2D eigenvalue weighted by atomic mass is 35.5. The first-order valence-corrected chi connectivity index (χ1v) is 17.8. The highest BCUT2D eigenvalue weighted by molar-refractivity contribution is 7.90. The number of carbonyl (C=O) groups is 4. The second-order valence-corrected chi connectivity index (χ2v) is 14.0. The summed E-state index contributed by atoms with van der Waals surface area (Å²) in [7, 11) is -3.56. The van der Waals surface area contributed by atoms with E-state index < -0.39 is 33.9 Å². The molecule has 12 nitrogen and oxygen atoms in total. The fourth-order valence-electron chi connectivity index (χ4n) is 5.39. The van der Waals surface area contributed by atoms with Gasteiger partial charge in [0.25, 0.3) is 11.8 Å². The number of nitrogens with zero attached hydrogens (tertiary/aromatic N) is 1. The number of amides is 2. The van der Waals surface area contributed by atoms with E-state index in [-0.39, 0.29) is 59.2 Å². The largest absolute Gasteiger partial charge is 0.508 e. The van der Waals surface area contributed by atoms with Crippen molar-refractivity contribution in [2.24, 2.45) is 0 Å². The van der Waals surface area contributed by atoms with E-state index in [1.165, 1.54) is 18.2 Å². The Balaban J connectivity index is 1.34. The minimum absolute atomic E-state index is 0.00146. The molecule has 0 saturated heterocycles. The second-order valence-electron chi connectivity index (χ2n) is 11.2. The maximum atomic E-state index is 13.7. The first-order valence-electron chi connectivity index (χ1n) is 15.2. The number of esters is 1. The number of hydrogen-bond acceptors (Lipinski definition) is 10. The van der Waals surface area contributed by atoms with Crippen molar-refractivity contribution in [3.05, 3.63) is 98.7 Å². The van der Waals surface area contributed by atoms with Crippen LogP contribution in [0.2, 0.25) is 10.0 Å². The SMILES string of the molecule is CCOC(=O)OCCOC(=O)[C@H](Cc1cccc(S(C)(=O)=O)c1)NC(=O)c1c(Cl)cc2c(c1Cl)CCN(C(=O)c1ccc3ccoc3c1)C2. The molecule has 2 heterocycles. The minimum atomic E-state index is -3.56. The van der Waals surface area contributed by atoms with Crippen molar-refractivity contribution in [3.8, 4) is 0 Å². The zero-order valence-corrected chi connectivity index (χ0v) is 28.8. The van der Waals surface area contributed by atoms with E-state index in [0.29, 0.717) is 40.8 Å². The van der Waals surface area contributed by atoms with Crippen LogP contribution in [-0.4, -0.2) is 75.9 Å². The van der Waals surface area contributed by atoms with Crippen LogP contribution in [0.25, 0.3) is 11.0 Å². The topological polar surface area (TPSA) is 159 Å². The Morgan fingerprint density at radius 1 is 1.00 bits per heavy atom. The predicted molar refractivity (Wildman–Crippen MR) is 180 cm³/mol. The highest BCUT2D eigenvalue weighted by Crippen LogP contribution is 2.35. The summed E-state index contributed by atoms with van der Waals surface area (Å²) < 4.78 is 44.5. The maximum absolute atomic E-state index is 13.7. The van der Waals surface area contributed by atoms with Gasteiger partial charge in [-0.3, -0.25) is 9.59 Å². The highest BCUT2D eigenvalue weighted by Gasteiger charge is 2.30. The summed E-state index contributed by atoms with van der Waals surface area (Å²) >= 11 is 13.4. The number of furan rings is 1. The molecule has 15 heteroatoms. The molecule has 0 aliphatic carbocycles. The summed E-state index contributed by atoms with van der Waals surface area (Å²) in [5.41, 5.74) is 2.72. The van der Waals surface area contributed by atoms with Gasteiger partial charge < -0.3 is 28.8 Å². The molecule has 1 aliphatic heterocycles. The van der Waals surface area contributed by atoms with E-state index in [2.05, 4.69) is 10.1 Å². The fraction of sp³-hybridized carbons (Fsp3) is 0.294. The molecule has 1 aromatic heterocycles. The van der Waals surface area contributed by atoms with Gasteiger partial charge in [0.1, 0.15) is 24.8 Å². The van der Waals surface area contributed by atoms with Gasteiger partial charge >= 0.3 is 12.1 Å². The van der Waals surface area contributed by atoms with Crippen molar-refractivity contribution >= 4 is 67.9 Å². The van der Waals surface area contributed by atoms with Crippen molar-refractivity contribution < 1.29 is 46.2 Å². The molecule has 2 amide bonds. The third-order valence-corrected chi connectivity index (χ3v) is 9.61. The van der Waals surface area contributed by atoms with Crippen LogP contribution in [0.5, 0.6) is 0 Å². The van der Waals surface area contributed by atoms with Gasteiger partial charge in [0.15, 0.2) is 9.84 Å². The van der Waals surface area contributed by atoms with E-state index in [9.17, 15) is 27.6 Å². The molecule has 1 N–H and O–H groups in total. The smallest absolute Gasteiger partial charge is 0.464 e. The van der Waals surface area contributed by atoms with Crippen molar-refractivity contribution in [2.75, 3.05) is 32.6 Å². The van der Waals surface area contributed by atoms with Gasteiger partial charge in [-0.15, -0.1) is 0 Å². The zero-order valence-electron chi connectivity index (χ0n) is 26.5. The normalized spacial score (nSPS) is 13.3. The Kier molecular flexibility index (Phi) is 11.2. The van der Waals surface area contributed by atoms with Crippen LogP contribution in [0.1, 0.15) is 44.3 Å². The van der Waals surface area contributed by atoms with Crippen LogP contribution >= 0.6 is 23.2 Å². The summed E-state index contributed by atoms with van der Waals surface area (Å²) in [6.45, 7) is 1.60. The van der Waals surface area contributed by atoms with Crippen molar-refractivity contribution in [3.63, 3.8) is 0 Å². The molecule has 1 atom stereocenters. The van der Waals surface area contributed by atoms with Gasteiger partial charge in [-0.25, -0.2) is 18.0 Å².